The lowest BCUT2D eigenvalue weighted by Crippen LogP contribution is -2.03. The first-order chi connectivity index (χ1) is 9.51. The Hall–Kier alpha value is -1.59. The van der Waals surface area contributed by atoms with E-state index >= 15 is 0 Å². The van der Waals surface area contributed by atoms with Crippen LogP contribution in [-0.4, -0.2) is 11.3 Å². The molecule has 0 spiro atoms. The minimum absolute atomic E-state index is 0.171. The van der Waals surface area contributed by atoms with Gasteiger partial charge in [0.25, 0.3) is 0 Å². The van der Waals surface area contributed by atoms with E-state index in [9.17, 15) is 8.60 Å². The van der Waals surface area contributed by atoms with Gasteiger partial charge in [-0.3, -0.25) is 4.21 Å². The van der Waals surface area contributed by atoms with Crippen molar-refractivity contribution in [2.75, 3.05) is 12.8 Å². The lowest BCUT2D eigenvalue weighted by molar-refractivity contribution is 0.411. The minimum atomic E-state index is -1.40. The van der Waals surface area contributed by atoms with Crippen LogP contribution in [0.4, 0.5) is 10.1 Å². The summed E-state index contributed by atoms with van der Waals surface area (Å²) in [5, 5.41) is 0.532. The molecule has 1 unspecified atom stereocenters. The highest BCUT2D eigenvalue weighted by Gasteiger charge is 2.13. The van der Waals surface area contributed by atoms with Gasteiger partial charge >= 0.3 is 0 Å². The third-order valence-corrected chi connectivity index (χ3v) is 4.42. The lowest BCUT2D eigenvalue weighted by Gasteiger charge is -2.10. The molecule has 0 saturated carbocycles. The molecule has 0 heterocycles. The molecule has 0 fully saturated rings. The highest BCUT2D eigenvalue weighted by Crippen LogP contribution is 2.27. The predicted molar refractivity (Wildman–Crippen MR) is 78.9 cm³/mol. The van der Waals surface area contributed by atoms with Crippen molar-refractivity contribution in [2.24, 2.45) is 0 Å². The second-order valence-electron chi connectivity index (χ2n) is 4.13. The number of anilines is 1. The average Bonchev–Trinajstić information content (AvgIpc) is 2.38. The molecule has 3 nitrogen and oxygen atoms in total. The standard InChI is InChI=1S/C14H13ClFNO2S/c1-19-13-4-2-10(15)6-9(13)8-20(18)14-5-3-11(16)7-12(14)17/h2-7H,8,17H2,1H3. The number of hydrogen-bond acceptors (Lipinski definition) is 3. The maximum absolute atomic E-state index is 13.0. The normalized spacial score (nSPS) is 12.2. The van der Waals surface area contributed by atoms with E-state index in [2.05, 4.69) is 0 Å². The summed E-state index contributed by atoms with van der Waals surface area (Å²) in [6.45, 7) is 0. The number of hydrogen-bond donors (Lipinski definition) is 1. The first-order valence-corrected chi connectivity index (χ1v) is 7.46. The van der Waals surface area contributed by atoms with Gasteiger partial charge in [0.15, 0.2) is 0 Å². The van der Waals surface area contributed by atoms with Gasteiger partial charge in [-0.15, -0.1) is 0 Å². The van der Waals surface area contributed by atoms with E-state index in [0.717, 1.165) is 6.07 Å². The number of rotatable bonds is 4. The van der Waals surface area contributed by atoms with Gasteiger partial charge in [-0.25, -0.2) is 4.39 Å². The van der Waals surface area contributed by atoms with Crippen LogP contribution in [0.25, 0.3) is 0 Å². The molecule has 0 bridgehead atoms. The second-order valence-corrected chi connectivity index (χ2v) is 5.98. The summed E-state index contributed by atoms with van der Waals surface area (Å²) in [6.07, 6.45) is 0. The zero-order chi connectivity index (χ0) is 14.7. The third kappa shape index (κ3) is 3.29. The summed E-state index contributed by atoms with van der Waals surface area (Å²) in [5.41, 5.74) is 6.57. The molecule has 0 aliphatic rings. The van der Waals surface area contributed by atoms with Crippen LogP contribution in [0.1, 0.15) is 5.56 Å². The molecule has 20 heavy (non-hydrogen) atoms. The van der Waals surface area contributed by atoms with E-state index in [1.807, 2.05) is 0 Å². The fourth-order valence-electron chi connectivity index (χ4n) is 1.81. The van der Waals surface area contributed by atoms with Gasteiger partial charge in [-0.05, 0) is 36.4 Å². The van der Waals surface area contributed by atoms with Crippen molar-refractivity contribution in [2.45, 2.75) is 10.6 Å². The van der Waals surface area contributed by atoms with Crippen LogP contribution in [0.3, 0.4) is 0 Å². The van der Waals surface area contributed by atoms with E-state index in [1.54, 1.807) is 18.2 Å². The van der Waals surface area contributed by atoms with Crippen LogP contribution in [0, 0.1) is 5.82 Å². The number of halogens is 2. The van der Waals surface area contributed by atoms with Gasteiger partial charge in [-0.2, -0.15) is 0 Å². The van der Waals surface area contributed by atoms with Crippen molar-refractivity contribution < 1.29 is 13.3 Å². The molecule has 1 atom stereocenters. The Morgan fingerprint density at radius 3 is 2.70 bits per heavy atom. The van der Waals surface area contributed by atoms with Crippen molar-refractivity contribution in [3.63, 3.8) is 0 Å². The quantitative estimate of drug-likeness (QED) is 0.880. The minimum Gasteiger partial charge on any atom is -0.496 e. The summed E-state index contributed by atoms with van der Waals surface area (Å²) in [4.78, 5) is 0.397. The Kier molecular flexibility index (Phi) is 4.62. The van der Waals surface area contributed by atoms with Gasteiger partial charge in [0.05, 0.1) is 34.2 Å². The third-order valence-electron chi connectivity index (χ3n) is 2.75. The Morgan fingerprint density at radius 2 is 2.05 bits per heavy atom. The van der Waals surface area contributed by atoms with E-state index in [-0.39, 0.29) is 11.4 Å². The monoisotopic (exact) mass is 313 g/mol. The molecular formula is C14H13ClFNO2S. The van der Waals surface area contributed by atoms with Crippen LogP contribution in [-0.2, 0) is 16.6 Å². The Labute approximate surface area is 124 Å². The first kappa shape index (κ1) is 14.8. The summed E-state index contributed by atoms with van der Waals surface area (Å²) in [6, 6.07) is 8.92. The van der Waals surface area contributed by atoms with E-state index in [1.165, 1.54) is 19.2 Å². The van der Waals surface area contributed by atoms with Crippen molar-refractivity contribution >= 4 is 28.1 Å². The highest BCUT2D eigenvalue weighted by atomic mass is 35.5. The SMILES string of the molecule is COc1ccc(Cl)cc1CS(=O)c1ccc(F)cc1N. The van der Waals surface area contributed by atoms with Gasteiger partial charge in [0.2, 0.25) is 0 Å². The molecular weight excluding hydrogens is 301 g/mol. The van der Waals surface area contributed by atoms with Gasteiger partial charge in [0, 0.05) is 10.6 Å². The van der Waals surface area contributed by atoms with Crippen LogP contribution in [0.5, 0.6) is 5.75 Å². The topological polar surface area (TPSA) is 52.3 Å². The number of methoxy groups -OCH3 is 1. The maximum atomic E-state index is 13.0. The predicted octanol–water partition coefficient (Wildman–Crippen LogP) is 3.38. The zero-order valence-corrected chi connectivity index (χ0v) is 12.3. The van der Waals surface area contributed by atoms with Crippen molar-refractivity contribution in [1.29, 1.82) is 0 Å². The summed E-state index contributed by atoms with van der Waals surface area (Å²) in [5.74, 6) is 0.339. The fraction of sp³-hybridized carbons (Fsp3) is 0.143. The largest absolute Gasteiger partial charge is 0.496 e. The molecule has 2 aromatic rings. The van der Waals surface area contributed by atoms with Gasteiger partial charge < -0.3 is 10.5 Å². The van der Waals surface area contributed by atoms with Crippen LogP contribution < -0.4 is 10.5 Å². The molecule has 0 amide bonds. The number of benzene rings is 2. The molecule has 106 valence electrons. The zero-order valence-electron chi connectivity index (χ0n) is 10.7. The number of nitrogen functional groups attached to an aromatic ring is 1. The maximum Gasteiger partial charge on any atom is 0.125 e. The molecule has 0 aliphatic heterocycles. The molecule has 2 aromatic carbocycles. The average molecular weight is 314 g/mol. The first-order valence-electron chi connectivity index (χ1n) is 5.77. The summed E-state index contributed by atoms with van der Waals surface area (Å²) in [7, 11) is 0.125. The van der Waals surface area contributed by atoms with Crippen LogP contribution in [0.15, 0.2) is 41.3 Å². The molecule has 0 aromatic heterocycles. The molecule has 2 N–H and O–H groups in total. The van der Waals surface area contributed by atoms with Gasteiger partial charge in [-0.1, -0.05) is 11.6 Å². The molecule has 0 saturated heterocycles. The van der Waals surface area contributed by atoms with Crippen molar-refractivity contribution in [3.05, 3.63) is 52.8 Å². The molecule has 0 aliphatic carbocycles. The van der Waals surface area contributed by atoms with Crippen LogP contribution >= 0.6 is 11.6 Å². The Morgan fingerprint density at radius 1 is 1.30 bits per heavy atom. The molecule has 6 heteroatoms. The van der Waals surface area contributed by atoms with E-state index in [0.29, 0.717) is 21.2 Å². The lowest BCUT2D eigenvalue weighted by atomic mass is 10.2. The van der Waals surface area contributed by atoms with Gasteiger partial charge in [0.1, 0.15) is 11.6 Å². The highest BCUT2D eigenvalue weighted by molar-refractivity contribution is 7.84. The van der Waals surface area contributed by atoms with Crippen molar-refractivity contribution in [1.82, 2.24) is 0 Å². The second kappa shape index (κ2) is 6.24. The summed E-state index contributed by atoms with van der Waals surface area (Å²) >= 11 is 5.93. The smallest absolute Gasteiger partial charge is 0.125 e. The van der Waals surface area contributed by atoms with Crippen LogP contribution in [0.2, 0.25) is 5.02 Å². The fourth-order valence-corrected chi connectivity index (χ4v) is 3.21. The van der Waals surface area contributed by atoms with Crippen molar-refractivity contribution in [3.8, 4) is 5.75 Å². The Bertz CT molecular complexity index is 664. The number of nitrogens with two attached hydrogens (primary N) is 1. The van der Waals surface area contributed by atoms with E-state index < -0.39 is 16.6 Å². The van der Waals surface area contributed by atoms with E-state index in [4.69, 9.17) is 22.1 Å². The molecule has 0 radical (unpaired) electrons. The number of ether oxygens (including phenoxy) is 1. The Balaban J connectivity index is 2.30. The molecule has 2 rings (SSSR count). The summed E-state index contributed by atoms with van der Waals surface area (Å²) < 4.78 is 30.5.